The van der Waals surface area contributed by atoms with Gasteiger partial charge in [-0.1, -0.05) is 54.6 Å². The second-order valence-corrected chi connectivity index (χ2v) is 14.4. The largest absolute Gasteiger partial charge is 0.288 e. The summed E-state index contributed by atoms with van der Waals surface area (Å²) in [6.45, 7) is 0. The van der Waals surface area contributed by atoms with E-state index in [1.165, 1.54) is 0 Å². The van der Waals surface area contributed by atoms with Gasteiger partial charge in [0.15, 0.2) is 5.25 Å². The van der Waals surface area contributed by atoms with Gasteiger partial charge >= 0.3 is 0 Å². The third-order valence-electron chi connectivity index (χ3n) is 6.18. The third kappa shape index (κ3) is 4.40. The molecule has 40 heavy (non-hydrogen) atoms. The smallest absolute Gasteiger partial charge is 0.224 e. The Morgan fingerprint density at radius 3 is 1.70 bits per heavy atom. The summed E-state index contributed by atoms with van der Waals surface area (Å²) in [4.78, 5) is 25.7. The van der Waals surface area contributed by atoms with Crippen molar-refractivity contribution >= 4 is 63.9 Å². The molecular formula is C28H12N4O4S4. The van der Waals surface area contributed by atoms with Gasteiger partial charge in [-0.15, -0.1) is 22.7 Å². The molecule has 0 bridgehead atoms. The zero-order chi connectivity index (χ0) is 28.6. The second kappa shape index (κ2) is 10.5. The number of nitriles is 4. The van der Waals surface area contributed by atoms with Crippen molar-refractivity contribution in [3.63, 3.8) is 0 Å². The van der Waals surface area contributed by atoms with E-state index >= 15 is 0 Å². The zero-order valence-corrected chi connectivity index (χ0v) is 23.2. The first-order chi connectivity index (χ1) is 19.2. The molecule has 12 heteroatoms. The van der Waals surface area contributed by atoms with Gasteiger partial charge in [-0.05, 0) is 22.4 Å². The van der Waals surface area contributed by atoms with Crippen molar-refractivity contribution < 1.29 is 8.42 Å². The van der Waals surface area contributed by atoms with Gasteiger partial charge in [0.1, 0.15) is 27.8 Å². The Bertz CT molecular complexity index is 2250. The van der Waals surface area contributed by atoms with Crippen LogP contribution in [0.4, 0.5) is 0 Å². The van der Waals surface area contributed by atoms with E-state index in [-0.39, 0.29) is 29.7 Å². The molecule has 0 fully saturated rings. The van der Waals surface area contributed by atoms with Gasteiger partial charge in [-0.3, -0.25) is 9.59 Å². The van der Waals surface area contributed by atoms with Crippen LogP contribution in [-0.2, 0) is 8.87 Å². The molecule has 192 valence electrons. The second-order valence-electron chi connectivity index (χ2n) is 8.38. The van der Waals surface area contributed by atoms with Crippen molar-refractivity contribution in [1.29, 1.82) is 21.0 Å². The summed E-state index contributed by atoms with van der Waals surface area (Å²) >= 11 is 1.82. The number of rotatable bonds is 0. The van der Waals surface area contributed by atoms with Crippen LogP contribution in [0.3, 0.4) is 0 Å². The van der Waals surface area contributed by atoms with E-state index < -0.39 is 20.0 Å². The van der Waals surface area contributed by atoms with Crippen LogP contribution < -0.4 is 10.9 Å². The van der Waals surface area contributed by atoms with E-state index in [4.69, 9.17) is 15.8 Å². The zero-order valence-electron chi connectivity index (χ0n) is 20.0. The highest BCUT2D eigenvalue weighted by Gasteiger charge is 2.42. The van der Waals surface area contributed by atoms with E-state index in [0.29, 0.717) is 32.0 Å². The summed E-state index contributed by atoms with van der Waals surface area (Å²) in [5, 5.41) is 37.7. The molecule has 2 heterocycles. The molecule has 0 saturated carbocycles. The van der Waals surface area contributed by atoms with Gasteiger partial charge in [0, 0.05) is 26.5 Å². The van der Waals surface area contributed by atoms with Crippen molar-refractivity contribution in [2.75, 3.05) is 0 Å². The fourth-order valence-corrected chi connectivity index (χ4v) is 9.87. The lowest BCUT2D eigenvalue weighted by atomic mass is 9.92. The van der Waals surface area contributed by atoms with E-state index in [0.717, 1.165) is 33.4 Å². The van der Waals surface area contributed by atoms with E-state index in [9.17, 15) is 23.3 Å². The molecule has 6 rings (SSSR count). The molecule has 0 spiro atoms. The normalized spacial score (nSPS) is 16.9. The van der Waals surface area contributed by atoms with Crippen molar-refractivity contribution in [3.8, 4) is 24.3 Å². The van der Waals surface area contributed by atoms with Crippen molar-refractivity contribution in [1.82, 2.24) is 0 Å². The van der Waals surface area contributed by atoms with Crippen LogP contribution in [-0.4, -0.2) is 13.7 Å². The van der Waals surface area contributed by atoms with Crippen LogP contribution in [0.1, 0.15) is 21.2 Å². The van der Waals surface area contributed by atoms with Crippen LogP contribution in [0.25, 0.3) is 21.5 Å². The summed E-state index contributed by atoms with van der Waals surface area (Å²) in [5.41, 5.74) is 0.117. The number of nitrogens with zero attached hydrogens (tertiary/aromatic N) is 4. The first-order valence-electron chi connectivity index (χ1n) is 11.3. The molecule has 1 aliphatic carbocycles. The fraction of sp³-hybridized carbons (Fsp3) is 0.0714. The molecule has 0 N–H and O–H groups in total. The predicted octanol–water partition coefficient (Wildman–Crippen LogP) is 4.93. The van der Waals surface area contributed by atoms with E-state index in [2.05, 4.69) is 0 Å². The summed E-state index contributed by atoms with van der Waals surface area (Å²) in [7, 11) is -3.00. The van der Waals surface area contributed by atoms with Gasteiger partial charge in [0.25, 0.3) is 0 Å². The lowest BCUT2D eigenvalue weighted by molar-refractivity contribution is 0.598. The SMILES string of the molecule is N#CC1c2c(ccc3ccccc23)SS(=O)(=O)C1C#N.N#Cc1sc2c(=O)c3ccccc3c(=O)c=2sc1C#N. The van der Waals surface area contributed by atoms with Crippen molar-refractivity contribution in [2.24, 2.45) is 0 Å². The highest BCUT2D eigenvalue weighted by Crippen LogP contribution is 2.46. The summed E-state index contributed by atoms with van der Waals surface area (Å²) in [6, 6.07) is 25.2. The van der Waals surface area contributed by atoms with Gasteiger partial charge < -0.3 is 0 Å². The van der Waals surface area contributed by atoms with Crippen LogP contribution in [0.2, 0.25) is 0 Å². The summed E-state index contributed by atoms with van der Waals surface area (Å²) < 4.78 is 24.6. The molecule has 0 radical (unpaired) electrons. The minimum Gasteiger partial charge on any atom is -0.288 e. The van der Waals surface area contributed by atoms with E-state index in [1.807, 2.05) is 48.5 Å². The van der Waals surface area contributed by atoms with Crippen LogP contribution in [0, 0.1) is 54.4 Å². The molecule has 0 amide bonds. The predicted molar refractivity (Wildman–Crippen MR) is 153 cm³/mol. The Labute approximate surface area is 238 Å². The highest BCUT2D eigenvalue weighted by molar-refractivity contribution is 8.72. The molecule has 3 aromatic carbocycles. The van der Waals surface area contributed by atoms with Gasteiger partial charge in [-0.2, -0.15) is 21.0 Å². The molecule has 2 unspecified atom stereocenters. The molecule has 0 saturated heterocycles. The Kier molecular flexibility index (Phi) is 7.12. The molecule has 8 nitrogen and oxygen atoms in total. The first-order valence-corrected chi connectivity index (χ1v) is 15.8. The quantitative estimate of drug-likeness (QED) is 0.226. The molecule has 3 aliphatic rings. The topological polar surface area (TPSA) is 163 Å². The maximum absolute atomic E-state index is 12.4. The molecular weight excluding hydrogens is 585 g/mol. The summed E-state index contributed by atoms with van der Waals surface area (Å²) in [6.07, 6.45) is 0. The maximum atomic E-state index is 12.4. The third-order valence-corrected chi connectivity index (χ3v) is 12.3. The minimum atomic E-state index is -3.68. The Balaban J connectivity index is 0.000000161. The number of hydrogen-bond acceptors (Lipinski definition) is 11. The van der Waals surface area contributed by atoms with Crippen molar-refractivity contribution in [2.45, 2.75) is 16.1 Å². The minimum absolute atomic E-state index is 0.164. The monoisotopic (exact) mass is 596 g/mol. The lowest BCUT2D eigenvalue weighted by Gasteiger charge is -2.25. The van der Waals surface area contributed by atoms with Gasteiger partial charge in [-0.25, -0.2) is 8.42 Å². The van der Waals surface area contributed by atoms with Gasteiger partial charge in [0.05, 0.1) is 21.2 Å². The van der Waals surface area contributed by atoms with Crippen molar-refractivity contribution in [3.05, 3.63) is 105 Å². The van der Waals surface area contributed by atoms with Crippen LogP contribution in [0.5, 0.6) is 0 Å². The number of fused-ring (bicyclic) bond motifs is 4. The maximum Gasteiger partial charge on any atom is 0.224 e. The Morgan fingerprint density at radius 1 is 0.675 bits per heavy atom. The average Bonchev–Trinajstić information content (AvgIpc) is 2.98. The fourth-order valence-electron chi connectivity index (χ4n) is 4.39. The molecule has 2 atom stereocenters. The van der Waals surface area contributed by atoms with Crippen LogP contribution in [0.15, 0.2) is 75.1 Å². The lowest BCUT2D eigenvalue weighted by Crippen LogP contribution is -2.28. The average molecular weight is 597 g/mol. The Morgan fingerprint density at radius 2 is 1.20 bits per heavy atom. The molecule has 3 aromatic rings. The molecule has 0 aromatic heterocycles. The first kappa shape index (κ1) is 27.0. The van der Waals surface area contributed by atoms with Gasteiger partial charge in [0.2, 0.25) is 19.7 Å². The molecule has 2 aliphatic heterocycles. The van der Waals surface area contributed by atoms with Crippen LogP contribution >= 0.6 is 33.5 Å². The number of hydrogen-bond donors (Lipinski definition) is 0. The Hall–Kier alpha value is -4.56. The standard InChI is InChI=1S/C14H4N2O2S2.C14H8N2O2S2/c15-5-9-10(6-16)20-14-12(18)8-4-2-1-3-7(8)11(17)13(14)19-9;15-7-11-13(8-16)20(17,18)19-12-6-5-9-3-1-2-4-10(9)14(11)12/h1-4H;1-6,11,13H. The number of benzene rings is 3. The van der Waals surface area contributed by atoms with E-state index in [1.54, 1.807) is 36.4 Å². The summed E-state index contributed by atoms with van der Waals surface area (Å²) in [5.74, 6) is -0.952. The highest BCUT2D eigenvalue weighted by atomic mass is 33.1.